The fraction of sp³-hybridized carbons (Fsp3) is 0.0952. The van der Waals surface area contributed by atoms with Gasteiger partial charge in [0.2, 0.25) is 0 Å². The number of nitrogens with zero attached hydrogens (tertiary/aromatic N) is 2. The number of hydrogen-bond donors (Lipinski definition) is 0. The number of carbonyl (C=O) groups excluding carboxylic acids is 1. The SMILES string of the molecule is O=C1N(Cc2cccc(C(F)(F)F)c2)c2ccccc2S(=O)(=O)N1c1cc(F)ccc1F. The summed E-state index contributed by atoms with van der Waals surface area (Å²) < 4.78 is 93.7. The molecular formula is C21H13F5N2O3S. The van der Waals surface area contributed by atoms with Crippen LogP contribution in [0.4, 0.5) is 38.1 Å². The van der Waals surface area contributed by atoms with E-state index in [1.165, 1.54) is 30.3 Å². The first kappa shape index (κ1) is 21.8. The predicted molar refractivity (Wildman–Crippen MR) is 105 cm³/mol. The monoisotopic (exact) mass is 468 g/mol. The third-order valence-electron chi connectivity index (χ3n) is 4.80. The number of amides is 2. The highest BCUT2D eigenvalue weighted by Crippen LogP contribution is 2.39. The Labute approximate surface area is 179 Å². The number of sulfonamides is 1. The molecule has 166 valence electrons. The van der Waals surface area contributed by atoms with Gasteiger partial charge >= 0.3 is 12.2 Å². The van der Waals surface area contributed by atoms with Crippen LogP contribution in [-0.4, -0.2) is 14.4 Å². The van der Waals surface area contributed by atoms with Crippen molar-refractivity contribution in [3.8, 4) is 0 Å². The average Bonchev–Trinajstić information content (AvgIpc) is 2.73. The van der Waals surface area contributed by atoms with Crippen LogP contribution in [0.25, 0.3) is 0 Å². The molecule has 0 atom stereocenters. The molecule has 5 nitrogen and oxygen atoms in total. The van der Waals surface area contributed by atoms with Gasteiger partial charge in [-0.25, -0.2) is 22.0 Å². The topological polar surface area (TPSA) is 57.7 Å². The maximum absolute atomic E-state index is 14.4. The number of rotatable bonds is 3. The minimum absolute atomic E-state index is 0.0574. The normalized spacial score (nSPS) is 15.6. The van der Waals surface area contributed by atoms with Crippen LogP contribution in [0.2, 0.25) is 0 Å². The van der Waals surface area contributed by atoms with Crippen LogP contribution in [0.15, 0.2) is 71.6 Å². The summed E-state index contributed by atoms with van der Waals surface area (Å²) in [5, 5.41) is 0. The Morgan fingerprint density at radius 1 is 0.844 bits per heavy atom. The molecule has 11 heteroatoms. The zero-order chi connectivity index (χ0) is 23.3. The summed E-state index contributed by atoms with van der Waals surface area (Å²) in [6.07, 6.45) is -4.63. The lowest BCUT2D eigenvalue weighted by Crippen LogP contribution is -2.51. The Morgan fingerprint density at radius 2 is 1.56 bits per heavy atom. The Morgan fingerprint density at radius 3 is 2.28 bits per heavy atom. The molecule has 0 N–H and O–H groups in total. The highest BCUT2D eigenvalue weighted by molar-refractivity contribution is 7.94. The third-order valence-corrected chi connectivity index (χ3v) is 6.54. The van der Waals surface area contributed by atoms with Crippen molar-refractivity contribution in [2.75, 3.05) is 9.21 Å². The molecular weight excluding hydrogens is 455 g/mol. The van der Waals surface area contributed by atoms with E-state index in [4.69, 9.17) is 0 Å². The standard InChI is InChI=1S/C21H13F5N2O3S/c22-15-8-9-16(23)18(11-15)28-20(29)27(17-6-1-2-7-19(17)32(28,30)31)12-13-4-3-5-14(10-13)21(24,25)26/h1-11H,12H2. The van der Waals surface area contributed by atoms with E-state index < -0.39 is 51.7 Å². The summed E-state index contributed by atoms with van der Waals surface area (Å²) in [6.45, 7) is -0.442. The number of para-hydroxylation sites is 1. The molecule has 3 aromatic carbocycles. The van der Waals surface area contributed by atoms with Crippen molar-refractivity contribution in [2.45, 2.75) is 17.6 Å². The molecule has 0 radical (unpaired) electrons. The number of fused-ring (bicyclic) bond motifs is 1. The van der Waals surface area contributed by atoms with E-state index in [0.29, 0.717) is 12.1 Å². The molecule has 3 aromatic rings. The van der Waals surface area contributed by atoms with Crippen molar-refractivity contribution in [2.24, 2.45) is 0 Å². The summed E-state index contributed by atoms with van der Waals surface area (Å²) in [5.74, 6) is -2.14. The van der Waals surface area contributed by atoms with E-state index in [1.807, 2.05) is 0 Å². The second-order valence-electron chi connectivity index (χ2n) is 6.90. The van der Waals surface area contributed by atoms with Gasteiger partial charge in [-0.3, -0.25) is 4.90 Å². The van der Waals surface area contributed by atoms with E-state index >= 15 is 0 Å². The summed E-state index contributed by atoms with van der Waals surface area (Å²) in [7, 11) is -4.63. The Bertz CT molecular complexity index is 1330. The van der Waals surface area contributed by atoms with Gasteiger partial charge in [0.1, 0.15) is 22.2 Å². The molecule has 1 aliphatic rings. The van der Waals surface area contributed by atoms with Crippen molar-refractivity contribution < 1.29 is 35.2 Å². The summed E-state index contributed by atoms with van der Waals surface area (Å²) in [6, 6.07) is 10.2. The van der Waals surface area contributed by atoms with E-state index in [1.54, 1.807) is 0 Å². The Kier molecular flexibility index (Phi) is 5.16. The molecule has 0 unspecified atom stereocenters. The zero-order valence-corrected chi connectivity index (χ0v) is 16.8. The van der Waals surface area contributed by atoms with E-state index in [9.17, 15) is 35.2 Å². The molecule has 0 spiro atoms. The number of urea groups is 1. The lowest BCUT2D eigenvalue weighted by Gasteiger charge is -2.36. The molecule has 1 aliphatic heterocycles. The Hall–Kier alpha value is -3.47. The van der Waals surface area contributed by atoms with E-state index in [2.05, 4.69) is 0 Å². The van der Waals surface area contributed by atoms with E-state index in [0.717, 1.165) is 29.2 Å². The highest BCUT2D eigenvalue weighted by atomic mass is 32.2. The first-order valence-electron chi connectivity index (χ1n) is 9.07. The van der Waals surface area contributed by atoms with Crippen molar-refractivity contribution >= 4 is 27.4 Å². The lowest BCUT2D eigenvalue weighted by molar-refractivity contribution is -0.137. The number of anilines is 2. The van der Waals surface area contributed by atoms with E-state index in [-0.39, 0.29) is 20.5 Å². The second-order valence-corrected chi connectivity index (χ2v) is 8.65. The molecule has 0 fully saturated rings. The smallest absolute Gasteiger partial charge is 0.287 e. The van der Waals surface area contributed by atoms with Gasteiger partial charge in [0.15, 0.2) is 0 Å². The first-order valence-corrected chi connectivity index (χ1v) is 10.5. The lowest BCUT2D eigenvalue weighted by atomic mass is 10.1. The van der Waals surface area contributed by atoms with Gasteiger partial charge in [0, 0.05) is 6.07 Å². The van der Waals surface area contributed by atoms with Crippen molar-refractivity contribution in [1.29, 1.82) is 0 Å². The molecule has 2 amide bonds. The number of alkyl halides is 3. The number of benzene rings is 3. The predicted octanol–water partition coefficient (Wildman–Crippen LogP) is 5.32. The van der Waals surface area contributed by atoms with Gasteiger partial charge in [-0.2, -0.15) is 17.5 Å². The zero-order valence-electron chi connectivity index (χ0n) is 16.0. The molecule has 4 rings (SSSR count). The van der Waals surface area contributed by atoms with Gasteiger partial charge in [0.05, 0.1) is 17.8 Å². The van der Waals surface area contributed by atoms with Crippen LogP contribution >= 0.6 is 0 Å². The summed E-state index contributed by atoms with van der Waals surface area (Å²) >= 11 is 0. The van der Waals surface area contributed by atoms with Gasteiger partial charge in [-0.05, 0) is 42.0 Å². The molecule has 32 heavy (non-hydrogen) atoms. The summed E-state index contributed by atoms with van der Waals surface area (Å²) in [4.78, 5) is 13.7. The average molecular weight is 468 g/mol. The van der Waals surface area contributed by atoms with Crippen molar-refractivity contribution in [3.05, 3.63) is 89.5 Å². The number of carbonyl (C=O) groups is 1. The fourth-order valence-corrected chi connectivity index (χ4v) is 4.96. The molecule has 1 heterocycles. The first-order chi connectivity index (χ1) is 15.0. The van der Waals surface area contributed by atoms with Crippen LogP contribution < -0.4 is 9.21 Å². The minimum Gasteiger partial charge on any atom is -0.287 e. The van der Waals surface area contributed by atoms with Gasteiger partial charge in [-0.1, -0.05) is 24.3 Å². The van der Waals surface area contributed by atoms with Gasteiger partial charge in [0.25, 0.3) is 10.0 Å². The highest BCUT2D eigenvalue weighted by Gasteiger charge is 2.43. The van der Waals surface area contributed by atoms with Gasteiger partial charge < -0.3 is 0 Å². The molecule has 0 saturated heterocycles. The molecule has 0 aliphatic carbocycles. The second kappa shape index (κ2) is 7.59. The molecule has 0 bridgehead atoms. The third kappa shape index (κ3) is 3.68. The minimum atomic E-state index is -4.63. The van der Waals surface area contributed by atoms with Crippen LogP contribution in [0.3, 0.4) is 0 Å². The Balaban J connectivity index is 1.86. The van der Waals surface area contributed by atoms with Crippen LogP contribution in [0.5, 0.6) is 0 Å². The van der Waals surface area contributed by atoms with Crippen LogP contribution in [0.1, 0.15) is 11.1 Å². The maximum atomic E-state index is 14.4. The van der Waals surface area contributed by atoms with Crippen LogP contribution in [-0.2, 0) is 22.7 Å². The number of hydrogen-bond acceptors (Lipinski definition) is 3. The largest absolute Gasteiger partial charge is 0.416 e. The summed E-state index contributed by atoms with van der Waals surface area (Å²) in [5.41, 5.74) is -1.82. The van der Waals surface area contributed by atoms with Gasteiger partial charge in [-0.15, -0.1) is 0 Å². The molecule has 0 saturated carbocycles. The molecule has 0 aromatic heterocycles. The maximum Gasteiger partial charge on any atom is 0.416 e. The van der Waals surface area contributed by atoms with Crippen LogP contribution in [0, 0.1) is 11.6 Å². The van der Waals surface area contributed by atoms with Crippen molar-refractivity contribution in [1.82, 2.24) is 0 Å². The fourth-order valence-electron chi connectivity index (χ4n) is 3.37. The quantitative estimate of drug-likeness (QED) is 0.489. The van der Waals surface area contributed by atoms with Crippen molar-refractivity contribution in [3.63, 3.8) is 0 Å². The number of halogens is 5.